The molecule has 0 radical (unpaired) electrons. The molecule has 0 spiro atoms. The fourth-order valence-corrected chi connectivity index (χ4v) is 2.42. The van der Waals surface area contributed by atoms with Crippen LogP contribution in [0.3, 0.4) is 0 Å². The Morgan fingerprint density at radius 3 is 2.65 bits per heavy atom. The van der Waals surface area contributed by atoms with Gasteiger partial charge in [0.2, 0.25) is 0 Å². The summed E-state index contributed by atoms with van der Waals surface area (Å²) >= 11 is 7.34. The van der Waals surface area contributed by atoms with Crippen LogP contribution in [0, 0.1) is 13.8 Å². The van der Waals surface area contributed by atoms with Crippen LogP contribution in [0.5, 0.6) is 0 Å². The zero-order valence-electron chi connectivity index (χ0n) is 9.57. The third kappa shape index (κ3) is 2.70. The van der Waals surface area contributed by atoms with Gasteiger partial charge < -0.3 is 5.73 Å². The molecule has 0 saturated carbocycles. The summed E-state index contributed by atoms with van der Waals surface area (Å²) in [4.78, 5) is 9.05. The molecule has 0 aliphatic rings. The van der Waals surface area contributed by atoms with Gasteiger partial charge in [-0.1, -0.05) is 29.4 Å². The van der Waals surface area contributed by atoms with E-state index in [1.807, 2.05) is 6.07 Å². The van der Waals surface area contributed by atoms with E-state index in [2.05, 4.69) is 35.9 Å². The van der Waals surface area contributed by atoms with Gasteiger partial charge in [-0.3, -0.25) is 0 Å². The number of nitrogens with two attached hydrogens (primary N) is 1. The molecule has 5 heteroatoms. The zero-order valence-corrected chi connectivity index (χ0v) is 11.1. The highest BCUT2D eigenvalue weighted by Gasteiger charge is 2.08. The van der Waals surface area contributed by atoms with Gasteiger partial charge in [-0.05, 0) is 37.1 Å². The van der Waals surface area contributed by atoms with Gasteiger partial charge in [-0.15, -0.1) is 0 Å². The molecule has 2 N–H and O–H groups in total. The van der Waals surface area contributed by atoms with Crippen molar-refractivity contribution in [2.75, 3.05) is 5.73 Å². The summed E-state index contributed by atoms with van der Waals surface area (Å²) in [5.41, 5.74) is 8.76. The third-order valence-corrected chi connectivity index (χ3v) is 3.80. The van der Waals surface area contributed by atoms with Crippen LogP contribution in [0.25, 0.3) is 0 Å². The molecule has 0 bridgehead atoms. The fourth-order valence-electron chi connectivity index (χ4n) is 1.33. The predicted octanol–water partition coefficient (Wildman–Crippen LogP) is 3.48. The Morgan fingerprint density at radius 2 is 1.94 bits per heavy atom. The number of hydrogen-bond acceptors (Lipinski definition) is 4. The lowest BCUT2D eigenvalue weighted by Crippen LogP contribution is -1.95. The first-order valence-corrected chi connectivity index (χ1v) is 6.28. The molecule has 0 unspecified atom stereocenters. The first kappa shape index (κ1) is 12.2. The van der Waals surface area contributed by atoms with Gasteiger partial charge in [0, 0.05) is 4.90 Å². The zero-order chi connectivity index (χ0) is 12.4. The number of nitrogens with zero attached hydrogens (tertiary/aromatic N) is 2. The molecule has 0 amide bonds. The van der Waals surface area contributed by atoms with E-state index < -0.39 is 0 Å². The Labute approximate surface area is 109 Å². The summed E-state index contributed by atoms with van der Waals surface area (Å²) in [6.07, 6.45) is 1.42. The summed E-state index contributed by atoms with van der Waals surface area (Å²) in [7, 11) is 0. The van der Waals surface area contributed by atoms with Gasteiger partial charge in [0.25, 0.3) is 0 Å². The van der Waals surface area contributed by atoms with Crippen molar-refractivity contribution in [2.24, 2.45) is 0 Å². The van der Waals surface area contributed by atoms with Crippen LogP contribution in [0.15, 0.2) is 34.4 Å². The maximum atomic E-state index is 5.85. The van der Waals surface area contributed by atoms with E-state index >= 15 is 0 Å². The Kier molecular flexibility index (Phi) is 3.54. The second-order valence-corrected chi connectivity index (χ2v) is 5.15. The number of aryl methyl sites for hydroxylation is 2. The molecule has 2 rings (SSSR count). The van der Waals surface area contributed by atoms with Gasteiger partial charge in [-0.2, -0.15) is 0 Å². The van der Waals surface area contributed by atoms with Crippen molar-refractivity contribution in [3.05, 3.63) is 40.8 Å². The molecule has 1 heterocycles. The summed E-state index contributed by atoms with van der Waals surface area (Å²) in [6.45, 7) is 4.16. The molecule has 88 valence electrons. The minimum absolute atomic E-state index is 0.298. The highest BCUT2D eigenvalue weighted by Crippen LogP contribution is 2.33. The van der Waals surface area contributed by atoms with E-state index in [9.17, 15) is 0 Å². The number of hydrogen-bond donors (Lipinski definition) is 1. The molecule has 0 aliphatic carbocycles. The molecule has 0 fully saturated rings. The molecule has 1 aromatic heterocycles. The number of rotatable bonds is 2. The third-order valence-electron chi connectivity index (χ3n) is 2.49. The quantitative estimate of drug-likeness (QED) is 0.845. The van der Waals surface area contributed by atoms with Crippen LogP contribution in [0.4, 0.5) is 5.69 Å². The first-order chi connectivity index (χ1) is 8.08. The van der Waals surface area contributed by atoms with Crippen molar-refractivity contribution >= 4 is 29.1 Å². The minimum atomic E-state index is 0.298. The van der Waals surface area contributed by atoms with E-state index in [1.165, 1.54) is 29.2 Å². The molecule has 1 aromatic carbocycles. The predicted molar refractivity (Wildman–Crippen MR) is 71.5 cm³/mol. The van der Waals surface area contributed by atoms with E-state index in [-0.39, 0.29) is 0 Å². The van der Waals surface area contributed by atoms with E-state index in [0.29, 0.717) is 15.9 Å². The molecule has 0 saturated heterocycles. The van der Waals surface area contributed by atoms with Crippen molar-refractivity contribution in [3.63, 3.8) is 0 Å². The molecule has 17 heavy (non-hydrogen) atoms. The topological polar surface area (TPSA) is 51.8 Å². The number of benzene rings is 1. The summed E-state index contributed by atoms with van der Waals surface area (Å²) in [5.74, 6) is 0. The normalized spacial score (nSPS) is 10.5. The van der Waals surface area contributed by atoms with Crippen molar-refractivity contribution in [1.82, 2.24) is 9.97 Å². The molecular formula is C12H12ClN3S. The van der Waals surface area contributed by atoms with E-state index in [4.69, 9.17) is 17.3 Å². The van der Waals surface area contributed by atoms with Crippen molar-refractivity contribution < 1.29 is 0 Å². The van der Waals surface area contributed by atoms with Crippen molar-refractivity contribution in [3.8, 4) is 0 Å². The van der Waals surface area contributed by atoms with Gasteiger partial charge in [0.05, 0.1) is 0 Å². The minimum Gasteiger partial charge on any atom is -0.394 e. The van der Waals surface area contributed by atoms with Gasteiger partial charge in [-0.25, -0.2) is 9.97 Å². The molecule has 0 aliphatic heterocycles. The number of nitrogen functional groups attached to an aromatic ring is 1. The van der Waals surface area contributed by atoms with Gasteiger partial charge in [0.15, 0.2) is 5.15 Å². The summed E-state index contributed by atoms with van der Waals surface area (Å²) < 4.78 is 0. The lowest BCUT2D eigenvalue weighted by molar-refractivity contribution is 1.06. The Hall–Kier alpha value is -1.26. The van der Waals surface area contributed by atoms with Crippen LogP contribution >= 0.6 is 23.4 Å². The van der Waals surface area contributed by atoms with Crippen LogP contribution in [0.2, 0.25) is 5.15 Å². The monoisotopic (exact) mass is 265 g/mol. The van der Waals surface area contributed by atoms with Crippen molar-refractivity contribution in [2.45, 2.75) is 23.8 Å². The second-order valence-electron chi connectivity index (χ2n) is 3.73. The molecular weight excluding hydrogens is 254 g/mol. The van der Waals surface area contributed by atoms with Crippen LogP contribution in [-0.2, 0) is 0 Å². The lowest BCUT2D eigenvalue weighted by atomic mass is 10.1. The number of anilines is 1. The highest BCUT2D eigenvalue weighted by molar-refractivity contribution is 7.99. The molecule has 0 atom stereocenters. The number of aromatic nitrogens is 2. The first-order valence-electron chi connectivity index (χ1n) is 5.09. The van der Waals surface area contributed by atoms with Crippen LogP contribution in [0.1, 0.15) is 11.1 Å². The Morgan fingerprint density at radius 1 is 1.18 bits per heavy atom. The largest absolute Gasteiger partial charge is 0.394 e. The maximum absolute atomic E-state index is 5.85. The standard InChI is InChI=1S/C12H12ClN3S/c1-7-3-4-9(5-8(7)2)17-12-10(14)11(13)15-6-16-12/h3-6H,14H2,1-2H3. The SMILES string of the molecule is Cc1ccc(Sc2ncnc(Cl)c2N)cc1C. The van der Waals surface area contributed by atoms with Crippen LogP contribution in [-0.4, -0.2) is 9.97 Å². The highest BCUT2D eigenvalue weighted by atomic mass is 35.5. The second kappa shape index (κ2) is 4.94. The smallest absolute Gasteiger partial charge is 0.156 e. The van der Waals surface area contributed by atoms with E-state index in [1.54, 1.807) is 0 Å². The van der Waals surface area contributed by atoms with Crippen LogP contribution < -0.4 is 5.73 Å². The molecule has 3 nitrogen and oxygen atoms in total. The Balaban J connectivity index is 2.31. The van der Waals surface area contributed by atoms with Gasteiger partial charge >= 0.3 is 0 Å². The summed E-state index contributed by atoms with van der Waals surface area (Å²) in [6, 6.07) is 6.23. The average Bonchev–Trinajstić information content (AvgIpc) is 2.30. The number of halogens is 1. The Bertz CT molecular complexity index is 557. The fraction of sp³-hybridized carbons (Fsp3) is 0.167. The van der Waals surface area contributed by atoms with Gasteiger partial charge in [0.1, 0.15) is 17.0 Å². The van der Waals surface area contributed by atoms with Crippen molar-refractivity contribution in [1.29, 1.82) is 0 Å². The maximum Gasteiger partial charge on any atom is 0.156 e. The molecule has 2 aromatic rings. The average molecular weight is 266 g/mol. The lowest BCUT2D eigenvalue weighted by Gasteiger charge is -2.06. The summed E-state index contributed by atoms with van der Waals surface area (Å²) in [5, 5.41) is 0.986. The van der Waals surface area contributed by atoms with E-state index in [0.717, 1.165) is 4.90 Å².